The topological polar surface area (TPSA) is 48.1 Å². The Bertz CT molecular complexity index is 934. The summed E-state index contributed by atoms with van der Waals surface area (Å²) in [6.45, 7) is 2.99. The average Bonchev–Trinajstić information content (AvgIpc) is 3.54. The van der Waals surface area contributed by atoms with Crippen LogP contribution in [0.5, 0.6) is 11.5 Å². The number of carbonyl (C=O) groups excluding carboxylic acids is 1. The number of benzene rings is 3. The molecule has 0 unspecified atom stereocenters. The second-order valence-corrected chi connectivity index (χ2v) is 6.61. The molecule has 3 aromatic rings. The van der Waals surface area contributed by atoms with Crippen molar-refractivity contribution in [2.24, 2.45) is 0 Å². The minimum Gasteiger partial charge on any atom is -0.494 e. The van der Waals surface area contributed by atoms with E-state index < -0.39 is 6.10 Å². The lowest BCUT2D eigenvalue weighted by Crippen LogP contribution is -2.10. The highest BCUT2D eigenvalue weighted by molar-refractivity contribution is 6.03. The van der Waals surface area contributed by atoms with Crippen LogP contribution in [-0.4, -0.2) is 18.5 Å². The van der Waals surface area contributed by atoms with Gasteiger partial charge in [-0.25, -0.2) is 0 Å². The number of hydrogen-bond donors (Lipinski definition) is 0. The molecule has 0 bridgehead atoms. The highest BCUT2D eigenvalue weighted by Crippen LogP contribution is 2.42. The molecule has 1 heterocycles. The van der Waals surface area contributed by atoms with Crippen LogP contribution in [0.2, 0.25) is 0 Å². The van der Waals surface area contributed by atoms with E-state index in [1.54, 1.807) is 6.07 Å². The molecule has 0 aliphatic carbocycles. The van der Waals surface area contributed by atoms with Crippen LogP contribution in [0, 0.1) is 0 Å². The lowest BCUT2D eigenvalue weighted by Gasteiger charge is -2.10. The summed E-state index contributed by atoms with van der Waals surface area (Å²) in [5.41, 5.74) is 2.58. The fourth-order valence-corrected chi connectivity index (χ4v) is 3.17. The number of para-hydroxylation sites is 1. The quantitative estimate of drug-likeness (QED) is 0.412. The van der Waals surface area contributed by atoms with Crippen molar-refractivity contribution in [2.75, 3.05) is 6.61 Å². The number of Topliss-reactive ketones (excluding diaryl/α,β-unsaturated/α-hetero) is 1. The summed E-state index contributed by atoms with van der Waals surface area (Å²) in [6, 6.07) is 24.9. The predicted molar refractivity (Wildman–Crippen MR) is 107 cm³/mol. The molecule has 0 aromatic heterocycles. The van der Waals surface area contributed by atoms with E-state index in [1.807, 2.05) is 79.7 Å². The van der Waals surface area contributed by atoms with Crippen LogP contribution in [0.4, 0.5) is 0 Å². The largest absolute Gasteiger partial charge is 0.494 e. The molecule has 4 heteroatoms. The molecule has 142 valence electrons. The molecular weight excluding hydrogens is 352 g/mol. The zero-order chi connectivity index (χ0) is 19.3. The first-order chi connectivity index (χ1) is 13.8. The van der Waals surface area contributed by atoms with E-state index in [0.29, 0.717) is 24.5 Å². The zero-order valence-electron chi connectivity index (χ0n) is 15.7. The van der Waals surface area contributed by atoms with Crippen LogP contribution < -0.4 is 9.47 Å². The molecule has 0 radical (unpaired) electrons. The first kappa shape index (κ1) is 18.3. The number of ether oxygens (including phenoxy) is 3. The Morgan fingerprint density at radius 3 is 2.36 bits per heavy atom. The van der Waals surface area contributed by atoms with Gasteiger partial charge in [-0.05, 0) is 42.3 Å². The van der Waals surface area contributed by atoms with Crippen LogP contribution in [0.1, 0.15) is 34.5 Å². The van der Waals surface area contributed by atoms with Crippen molar-refractivity contribution in [1.82, 2.24) is 0 Å². The van der Waals surface area contributed by atoms with Crippen LogP contribution in [-0.2, 0) is 11.3 Å². The van der Waals surface area contributed by atoms with Gasteiger partial charge in [0.05, 0.1) is 12.2 Å². The molecule has 1 aliphatic rings. The summed E-state index contributed by atoms with van der Waals surface area (Å²) < 4.78 is 17.1. The Labute approximate surface area is 164 Å². The van der Waals surface area contributed by atoms with Crippen LogP contribution in [0.3, 0.4) is 0 Å². The van der Waals surface area contributed by atoms with Crippen LogP contribution >= 0.6 is 0 Å². The van der Waals surface area contributed by atoms with E-state index in [4.69, 9.17) is 14.2 Å². The van der Waals surface area contributed by atoms with Gasteiger partial charge in [0.1, 0.15) is 24.2 Å². The second-order valence-electron chi connectivity index (χ2n) is 6.61. The first-order valence-electron chi connectivity index (χ1n) is 9.44. The average molecular weight is 374 g/mol. The summed E-state index contributed by atoms with van der Waals surface area (Å²) in [4.78, 5) is 13.0. The lowest BCUT2D eigenvalue weighted by molar-refractivity contribution is 0.0949. The summed E-state index contributed by atoms with van der Waals surface area (Å²) in [6.07, 6.45) is -0.690. The summed E-state index contributed by atoms with van der Waals surface area (Å²) in [7, 11) is 0. The first-order valence-corrected chi connectivity index (χ1v) is 9.44. The van der Waals surface area contributed by atoms with Crippen molar-refractivity contribution in [2.45, 2.75) is 25.7 Å². The van der Waals surface area contributed by atoms with Crippen LogP contribution in [0.25, 0.3) is 0 Å². The van der Waals surface area contributed by atoms with Gasteiger partial charge in [-0.3, -0.25) is 4.79 Å². The smallest absolute Gasteiger partial charge is 0.198 e. The van der Waals surface area contributed by atoms with Gasteiger partial charge in [-0.15, -0.1) is 0 Å². The molecule has 0 amide bonds. The molecule has 0 N–H and O–H groups in total. The Morgan fingerprint density at radius 2 is 1.61 bits per heavy atom. The second kappa shape index (κ2) is 8.28. The molecule has 4 nitrogen and oxygen atoms in total. The van der Waals surface area contributed by atoms with Gasteiger partial charge in [0.15, 0.2) is 11.9 Å². The molecular formula is C24H22O4. The summed E-state index contributed by atoms with van der Waals surface area (Å²) in [5, 5.41) is 0. The molecule has 28 heavy (non-hydrogen) atoms. The van der Waals surface area contributed by atoms with Crippen molar-refractivity contribution in [3.05, 3.63) is 95.6 Å². The van der Waals surface area contributed by atoms with E-state index in [2.05, 4.69) is 0 Å². The van der Waals surface area contributed by atoms with Crippen LogP contribution in [0.15, 0.2) is 78.9 Å². The van der Waals surface area contributed by atoms with Gasteiger partial charge in [0.25, 0.3) is 0 Å². The van der Waals surface area contributed by atoms with Crippen molar-refractivity contribution >= 4 is 5.78 Å². The third-order valence-corrected chi connectivity index (χ3v) is 4.66. The van der Waals surface area contributed by atoms with Crippen molar-refractivity contribution in [3.8, 4) is 11.5 Å². The van der Waals surface area contributed by atoms with Gasteiger partial charge < -0.3 is 14.2 Å². The predicted octanol–water partition coefficient (Wildman–Crippen LogP) is 4.99. The molecule has 0 saturated carbocycles. The van der Waals surface area contributed by atoms with E-state index >= 15 is 0 Å². The van der Waals surface area contributed by atoms with Gasteiger partial charge in [-0.2, -0.15) is 0 Å². The molecule has 0 spiro atoms. The van der Waals surface area contributed by atoms with E-state index in [-0.39, 0.29) is 11.9 Å². The van der Waals surface area contributed by atoms with E-state index in [9.17, 15) is 4.79 Å². The summed E-state index contributed by atoms with van der Waals surface area (Å²) in [5.74, 6) is 1.34. The Hall–Kier alpha value is -3.11. The maximum atomic E-state index is 13.0. The highest BCUT2D eigenvalue weighted by atomic mass is 16.6. The summed E-state index contributed by atoms with van der Waals surface area (Å²) >= 11 is 0. The minimum atomic E-state index is -0.473. The standard InChI is InChI=1S/C24H22O4/c1-2-26-19-14-12-18(13-15-19)23-24(28-23)22(25)20-10-6-7-11-21(20)27-16-17-8-4-3-5-9-17/h3-15,23-24H,2,16H2,1H3/t23-,24-/m1/s1. The highest BCUT2D eigenvalue weighted by Gasteiger charge is 2.46. The molecule has 1 saturated heterocycles. The third-order valence-electron chi connectivity index (χ3n) is 4.66. The Kier molecular flexibility index (Phi) is 5.40. The molecule has 3 aromatic carbocycles. The van der Waals surface area contributed by atoms with Gasteiger partial charge in [0, 0.05) is 0 Å². The maximum absolute atomic E-state index is 13.0. The number of ketones is 1. The van der Waals surface area contributed by atoms with Gasteiger partial charge >= 0.3 is 0 Å². The fraction of sp³-hybridized carbons (Fsp3) is 0.208. The maximum Gasteiger partial charge on any atom is 0.198 e. The third kappa shape index (κ3) is 4.07. The SMILES string of the molecule is CCOc1ccc([C@H]2O[C@@H]2C(=O)c2ccccc2OCc2ccccc2)cc1. The van der Waals surface area contributed by atoms with Crippen molar-refractivity contribution in [1.29, 1.82) is 0 Å². The number of carbonyl (C=O) groups is 1. The van der Waals surface area contributed by atoms with Gasteiger partial charge in [0.2, 0.25) is 0 Å². The number of epoxide rings is 1. The van der Waals surface area contributed by atoms with E-state index in [0.717, 1.165) is 16.9 Å². The molecule has 4 rings (SSSR count). The van der Waals surface area contributed by atoms with Gasteiger partial charge in [-0.1, -0.05) is 54.6 Å². The van der Waals surface area contributed by atoms with Crippen molar-refractivity contribution in [3.63, 3.8) is 0 Å². The normalized spacial score (nSPS) is 17.8. The monoisotopic (exact) mass is 374 g/mol. The zero-order valence-corrected chi connectivity index (χ0v) is 15.7. The van der Waals surface area contributed by atoms with Crippen molar-refractivity contribution < 1.29 is 19.0 Å². The fourth-order valence-electron chi connectivity index (χ4n) is 3.17. The Balaban J connectivity index is 1.44. The number of rotatable bonds is 8. The van der Waals surface area contributed by atoms with E-state index in [1.165, 1.54) is 0 Å². The number of hydrogen-bond acceptors (Lipinski definition) is 4. The lowest BCUT2D eigenvalue weighted by atomic mass is 10.0. The molecule has 2 atom stereocenters. The minimum absolute atomic E-state index is 0.0532. The molecule has 1 aliphatic heterocycles. The molecule has 1 fully saturated rings. The Morgan fingerprint density at radius 1 is 0.893 bits per heavy atom.